The summed E-state index contributed by atoms with van der Waals surface area (Å²) in [5.41, 5.74) is 1.77. The van der Waals surface area contributed by atoms with Gasteiger partial charge < -0.3 is 14.7 Å². The molecule has 0 bridgehead atoms. The van der Waals surface area contributed by atoms with Gasteiger partial charge in [-0.05, 0) is 48.2 Å². The van der Waals surface area contributed by atoms with Crippen molar-refractivity contribution >= 4 is 12.0 Å². The van der Waals surface area contributed by atoms with Crippen LogP contribution in [0.5, 0.6) is 5.75 Å². The molecule has 0 radical (unpaired) electrons. The van der Waals surface area contributed by atoms with Gasteiger partial charge in [-0.1, -0.05) is 18.2 Å². The molecule has 0 spiro atoms. The third-order valence-electron chi connectivity index (χ3n) is 4.14. The fourth-order valence-electron chi connectivity index (χ4n) is 2.88. The number of benzene rings is 1. The first-order chi connectivity index (χ1) is 12.2. The summed E-state index contributed by atoms with van der Waals surface area (Å²) >= 11 is 0. The zero-order valence-corrected chi connectivity index (χ0v) is 14.0. The third-order valence-corrected chi connectivity index (χ3v) is 4.14. The van der Waals surface area contributed by atoms with Crippen molar-refractivity contribution in [3.63, 3.8) is 0 Å². The minimum atomic E-state index is -0.0808. The van der Waals surface area contributed by atoms with Gasteiger partial charge in [0.15, 0.2) is 0 Å². The normalized spacial score (nSPS) is 17.0. The first kappa shape index (κ1) is 17.2. The number of nitrogens with zero attached hydrogens (tertiary/aromatic N) is 2. The number of hydrogen-bond acceptors (Lipinski definition) is 4. The average Bonchev–Trinajstić information content (AvgIpc) is 3.13. The SMILES string of the molecule is O=C(/C=C/c1cccc(O)c1)N(Cc1cccnc1)C[C@@H]1CCCO1. The van der Waals surface area contributed by atoms with E-state index in [-0.39, 0.29) is 17.8 Å². The lowest BCUT2D eigenvalue weighted by molar-refractivity contribution is -0.128. The maximum Gasteiger partial charge on any atom is 0.246 e. The van der Waals surface area contributed by atoms with Gasteiger partial charge in [-0.25, -0.2) is 0 Å². The van der Waals surface area contributed by atoms with Crippen LogP contribution in [0.4, 0.5) is 0 Å². The van der Waals surface area contributed by atoms with Crippen LogP contribution in [0.1, 0.15) is 24.0 Å². The molecule has 0 saturated carbocycles. The molecule has 1 atom stereocenters. The van der Waals surface area contributed by atoms with Crippen molar-refractivity contribution in [1.82, 2.24) is 9.88 Å². The molecule has 0 aliphatic carbocycles. The monoisotopic (exact) mass is 338 g/mol. The quantitative estimate of drug-likeness (QED) is 0.823. The molecule has 1 amide bonds. The van der Waals surface area contributed by atoms with Crippen LogP contribution in [0.3, 0.4) is 0 Å². The number of ether oxygens (including phenoxy) is 1. The Kier molecular flexibility index (Phi) is 5.80. The van der Waals surface area contributed by atoms with E-state index in [9.17, 15) is 9.90 Å². The number of aromatic nitrogens is 1. The second-order valence-corrected chi connectivity index (χ2v) is 6.14. The molecule has 0 unspecified atom stereocenters. The highest BCUT2D eigenvalue weighted by molar-refractivity contribution is 5.91. The second kappa shape index (κ2) is 8.44. The van der Waals surface area contributed by atoms with Gasteiger partial charge in [-0.3, -0.25) is 9.78 Å². The molecule has 5 heteroatoms. The number of pyridine rings is 1. The Bertz CT molecular complexity index is 725. The molecule has 1 fully saturated rings. The maximum absolute atomic E-state index is 12.7. The summed E-state index contributed by atoms with van der Waals surface area (Å²) in [6.07, 6.45) is 8.86. The molecule has 1 N–H and O–H groups in total. The molecule has 1 saturated heterocycles. The zero-order chi connectivity index (χ0) is 17.5. The third kappa shape index (κ3) is 5.16. The number of phenols is 1. The molecule has 25 heavy (non-hydrogen) atoms. The number of phenolic OH excluding ortho intramolecular Hbond substituents is 1. The molecule has 1 aromatic heterocycles. The van der Waals surface area contributed by atoms with Crippen molar-refractivity contribution in [3.05, 3.63) is 66.0 Å². The molecule has 2 heterocycles. The Balaban J connectivity index is 1.71. The zero-order valence-electron chi connectivity index (χ0n) is 14.0. The van der Waals surface area contributed by atoms with Crippen molar-refractivity contribution in [2.45, 2.75) is 25.5 Å². The lowest BCUT2D eigenvalue weighted by atomic mass is 10.1. The average molecular weight is 338 g/mol. The summed E-state index contributed by atoms with van der Waals surface area (Å²) in [4.78, 5) is 18.6. The number of amides is 1. The van der Waals surface area contributed by atoms with Crippen LogP contribution < -0.4 is 0 Å². The van der Waals surface area contributed by atoms with E-state index in [0.717, 1.165) is 30.6 Å². The molecule has 5 nitrogen and oxygen atoms in total. The molecule has 1 aromatic carbocycles. The van der Waals surface area contributed by atoms with Gasteiger partial charge in [0.05, 0.1) is 6.10 Å². The largest absolute Gasteiger partial charge is 0.508 e. The van der Waals surface area contributed by atoms with E-state index >= 15 is 0 Å². The Labute approximate surface area is 147 Å². The topological polar surface area (TPSA) is 62.7 Å². The van der Waals surface area contributed by atoms with E-state index in [2.05, 4.69) is 4.98 Å². The molecular weight excluding hydrogens is 316 g/mol. The Morgan fingerprint density at radius 1 is 1.36 bits per heavy atom. The number of aromatic hydroxyl groups is 1. The van der Waals surface area contributed by atoms with Crippen LogP contribution in [0.15, 0.2) is 54.9 Å². The summed E-state index contributed by atoms with van der Waals surface area (Å²) in [7, 11) is 0. The highest BCUT2D eigenvalue weighted by Gasteiger charge is 2.21. The van der Waals surface area contributed by atoms with Crippen LogP contribution in [-0.4, -0.2) is 40.2 Å². The van der Waals surface area contributed by atoms with Gasteiger partial charge in [0.1, 0.15) is 5.75 Å². The first-order valence-electron chi connectivity index (χ1n) is 8.47. The highest BCUT2D eigenvalue weighted by atomic mass is 16.5. The standard InChI is InChI=1S/C20H22N2O3/c23-18-6-1-4-16(12-18)8-9-20(24)22(15-19-7-3-11-25-19)14-17-5-2-10-21-13-17/h1-2,4-6,8-10,12-13,19,23H,3,7,11,14-15H2/b9-8+/t19-/m0/s1. The van der Waals surface area contributed by atoms with E-state index in [1.807, 2.05) is 18.2 Å². The van der Waals surface area contributed by atoms with Crippen molar-refractivity contribution < 1.29 is 14.6 Å². The van der Waals surface area contributed by atoms with Crippen LogP contribution in [0.2, 0.25) is 0 Å². The van der Waals surface area contributed by atoms with Crippen molar-refractivity contribution in [1.29, 1.82) is 0 Å². The summed E-state index contributed by atoms with van der Waals surface area (Å²) in [6, 6.07) is 10.6. The molecule has 130 valence electrons. The van der Waals surface area contributed by atoms with Crippen LogP contribution in [0, 0.1) is 0 Å². The van der Waals surface area contributed by atoms with Crippen LogP contribution in [0.25, 0.3) is 6.08 Å². The second-order valence-electron chi connectivity index (χ2n) is 6.14. The van der Waals surface area contributed by atoms with Crippen molar-refractivity contribution in [2.75, 3.05) is 13.2 Å². The van der Waals surface area contributed by atoms with E-state index in [4.69, 9.17) is 4.74 Å². The number of carbonyl (C=O) groups is 1. The minimum Gasteiger partial charge on any atom is -0.508 e. The predicted molar refractivity (Wildman–Crippen MR) is 95.8 cm³/mol. The Morgan fingerprint density at radius 3 is 3.00 bits per heavy atom. The number of hydrogen-bond donors (Lipinski definition) is 1. The van der Waals surface area contributed by atoms with E-state index in [0.29, 0.717) is 13.1 Å². The van der Waals surface area contributed by atoms with Crippen LogP contribution in [-0.2, 0) is 16.1 Å². The molecule has 1 aliphatic heterocycles. The van der Waals surface area contributed by atoms with Crippen LogP contribution >= 0.6 is 0 Å². The van der Waals surface area contributed by atoms with Gasteiger partial charge in [0, 0.05) is 38.2 Å². The Morgan fingerprint density at radius 2 is 2.28 bits per heavy atom. The summed E-state index contributed by atoms with van der Waals surface area (Å²) in [5.74, 6) is 0.101. The Hall–Kier alpha value is -2.66. The van der Waals surface area contributed by atoms with Crippen molar-refractivity contribution in [3.8, 4) is 5.75 Å². The van der Waals surface area contributed by atoms with Gasteiger partial charge in [-0.2, -0.15) is 0 Å². The van der Waals surface area contributed by atoms with E-state index < -0.39 is 0 Å². The fourth-order valence-corrected chi connectivity index (χ4v) is 2.88. The smallest absolute Gasteiger partial charge is 0.246 e. The van der Waals surface area contributed by atoms with E-state index in [1.54, 1.807) is 47.6 Å². The highest BCUT2D eigenvalue weighted by Crippen LogP contribution is 2.16. The lowest BCUT2D eigenvalue weighted by Gasteiger charge is -2.24. The maximum atomic E-state index is 12.7. The molecule has 3 rings (SSSR count). The summed E-state index contributed by atoms with van der Waals surface area (Å²) < 4.78 is 5.68. The van der Waals surface area contributed by atoms with Gasteiger partial charge in [0.2, 0.25) is 5.91 Å². The molecule has 1 aliphatic rings. The number of rotatable bonds is 6. The lowest BCUT2D eigenvalue weighted by Crippen LogP contribution is -2.35. The number of carbonyl (C=O) groups excluding carboxylic acids is 1. The molecule has 2 aromatic rings. The minimum absolute atomic E-state index is 0.0808. The van der Waals surface area contributed by atoms with Gasteiger partial charge in [-0.15, -0.1) is 0 Å². The van der Waals surface area contributed by atoms with Gasteiger partial charge in [0.25, 0.3) is 0 Å². The van der Waals surface area contributed by atoms with Gasteiger partial charge >= 0.3 is 0 Å². The summed E-state index contributed by atoms with van der Waals surface area (Å²) in [5, 5.41) is 9.52. The van der Waals surface area contributed by atoms with E-state index in [1.165, 1.54) is 0 Å². The predicted octanol–water partition coefficient (Wildman–Crippen LogP) is 3.01. The fraction of sp³-hybridized carbons (Fsp3) is 0.300. The molecular formula is C20H22N2O3. The summed E-state index contributed by atoms with van der Waals surface area (Å²) in [6.45, 7) is 1.83. The first-order valence-corrected chi connectivity index (χ1v) is 8.47. The van der Waals surface area contributed by atoms with Crippen molar-refractivity contribution in [2.24, 2.45) is 0 Å².